The van der Waals surface area contributed by atoms with Crippen molar-refractivity contribution in [3.63, 3.8) is 0 Å². The molecular weight excluding hydrogens is 312 g/mol. The van der Waals surface area contributed by atoms with E-state index in [1.165, 1.54) is 38.5 Å². The first-order chi connectivity index (χ1) is 10.6. The molecule has 0 aromatic carbocycles. The number of hydrogen-bond acceptors (Lipinski definition) is 3. The van der Waals surface area contributed by atoms with E-state index in [2.05, 4.69) is 17.6 Å². The number of amides is 1. The van der Waals surface area contributed by atoms with Gasteiger partial charge in [-0.2, -0.15) is 0 Å². The Bertz CT molecular complexity index is 401. The van der Waals surface area contributed by atoms with Gasteiger partial charge in [-0.15, -0.1) is 12.4 Å². The molecule has 0 aromatic rings. The van der Waals surface area contributed by atoms with Gasteiger partial charge in [-0.25, -0.2) is 0 Å². The Hall–Kier alpha value is -0.320. The summed E-state index contributed by atoms with van der Waals surface area (Å²) in [6.45, 7) is 4.55. The molecule has 4 aliphatic carbocycles. The number of carbonyl (C=O) groups excluding carboxylic acids is 1. The van der Waals surface area contributed by atoms with Crippen LogP contribution < -0.4 is 10.6 Å². The van der Waals surface area contributed by atoms with E-state index < -0.39 is 0 Å². The minimum atomic E-state index is 0. The monoisotopic (exact) mass is 342 g/mol. The van der Waals surface area contributed by atoms with E-state index in [1.807, 2.05) is 0 Å². The third-order valence-corrected chi connectivity index (χ3v) is 6.81. The number of nitrogens with one attached hydrogen (secondary N) is 2. The summed E-state index contributed by atoms with van der Waals surface area (Å²) in [6, 6.07) is 0.523. The lowest BCUT2D eigenvalue weighted by Gasteiger charge is -2.59. The highest BCUT2D eigenvalue weighted by Crippen LogP contribution is 2.61. The molecule has 4 bridgehead atoms. The zero-order chi connectivity index (χ0) is 15.2. The van der Waals surface area contributed by atoms with Crippen molar-refractivity contribution in [2.45, 2.75) is 64.0 Å². The molecule has 0 spiro atoms. The van der Waals surface area contributed by atoms with Crippen LogP contribution in [0.4, 0.5) is 0 Å². The number of hydrogen-bond donors (Lipinski definition) is 2. The molecule has 4 nitrogen and oxygen atoms in total. The first kappa shape index (κ1) is 17.5. The molecule has 1 heterocycles. The Balaban J connectivity index is 0.00000156. The predicted molar refractivity (Wildman–Crippen MR) is 92.7 cm³/mol. The lowest BCUT2D eigenvalue weighted by molar-refractivity contribution is -0.127. The summed E-state index contributed by atoms with van der Waals surface area (Å²) in [5, 5.41) is 6.72. The molecule has 5 heteroatoms. The van der Waals surface area contributed by atoms with Crippen molar-refractivity contribution in [3.05, 3.63) is 0 Å². The van der Waals surface area contributed by atoms with Gasteiger partial charge in [0.1, 0.15) is 0 Å². The summed E-state index contributed by atoms with van der Waals surface area (Å²) in [6.07, 6.45) is 8.99. The topological polar surface area (TPSA) is 50.4 Å². The molecule has 0 radical (unpaired) electrons. The summed E-state index contributed by atoms with van der Waals surface area (Å²) in [5.41, 5.74) is 0.404. The van der Waals surface area contributed by atoms with Crippen LogP contribution in [0.5, 0.6) is 0 Å². The van der Waals surface area contributed by atoms with E-state index in [-0.39, 0.29) is 24.4 Å². The Labute approximate surface area is 145 Å². The average molecular weight is 343 g/mol. The number of ether oxygens (including phenoxy) is 1. The van der Waals surface area contributed by atoms with Crippen LogP contribution in [0.1, 0.15) is 51.9 Å². The summed E-state index contributed by atoms with van der Waals surface area (Å²) in [4.78, 5) is 12.4. The standard InChI is InChI=1S/C18H30N2O2.ClH/c1-12(20-17(21)7-16-11-22-3-2-19-16)18-8-13-4-14(9-18)6-15(5-13)10-18;/h12-16,19H,2-11H2,1H3,(H,20,21);1H. The third-order valence-electron chi connectivity index (χ3n) is 6.81. The number of carbonyl (C=O) groups is 1. The molecule has 1 aliphatic heterocycles. The fraction of sp³-hybridized carbons (Fsp3) is 0.944. The maximum Gasteiger partial charge on any atom is 0.221 e. The van der Waals surface area contributed by atoms with Crippen LogP contribution in [-0.4, -0.2) is 37.7 Å². The number of rotatable bonds is 4. The molecule has 132 valence electrons. The molecule has 5 rings (SSSR count). The highest BCUT2D eigenvalue weighted by atomic mass is 35.5. The molecule has 5 aliphatic rings. The van der Waals surface area contributed by atoms with Crippen LogP contribution in [0.25, 0.3) is 0 Å². The Kier molecular flexibility index (Phi) is 5.24. The maximum absolute atomic E-state index is 12.4. The smallest absolute Gasteiger partial charge is 0.221 e. The van der Waals surface area contributed by atoms with Gasteiger partial charge in [0.2, 0.25) is 5.91 Å². The minimum absolute atomic E-state index is 0. The van der Waals surface area contributed by atoms with Gasteiger partial charge in [-0.1, -0.05) is 0 Å². The molecule has 2 unspecified atom stereocenters. The van der Waals surface area contributed by atoms with E-state index in [1.54, 1.807) is 0 Å². The van der Waals surface area contributed by atoms with Crippen LogP contribution in [0, 0.1) is 23.2 Å². The van der Waals surface area contributed by atoms with Crippen molar-refractivity contribution >= 4 is 18.3 Å². The van der Waals surface area contributed by atoms with Crippen molar-refractivity contribution in [3.8, 4) is 0 Å². The highest BCUT2D eigenvalue weighted by molar-refractivity contribution is 5.85. The van der Waals surface area contributed by atoms with Crippen molar-refractivity contribution in [1.82, 2.24) is 10.6 Å². The molecule has 0 aromatic heterocycles. The average Bonchev–Trinajstić information content (AvgIpc) is 2.46. The summed E-state index contributed by atoms with van der Waals surface area (Å²) < 4.78 is 5.45. The fourth-order valence-corrected chi connectivity index (χ4v) is 6.14. The van der Waals surface area contributed by atoms with E-state index >= 15 is 0 Å². The van der Waals surface area contributed by atoms with Gasteiger partial charge in [0.25, 0.3) is 0 Å². The third kappa shape index (κ3) is 3.54. The second kappa shape index (κ2) is 6.89. The SMILES string of the molecule is CC(NC(=O)CC1COCCN1)C12CC3CC(CC(C3)C1)C2.Cl. The van der Waals surface area contributed by atoms with Gasteiger partial charge in [-0.05, 0) is 68.6 Å². The van der Waals surface area contributed by atoms with Crippen LogP contribution in [0.15, 0.2) is 0 Å². The molecule has 23 heavy (non-hydrogen) atoms. The molecule has 2 N–H and O–H groups in total. The van der Waals surface area contributed by atoms with Gasteiger partial charge >= 0.3 is 0 Å². The largest absolute Gasteiger partial charge is 0.378 e. The fourth-order valence-electron chi connectivity index (χ4n) is 6.14. The van der Waals surface area contributed by atoms with Gasteiger partial charge in [-0.3, -0.25) is 4.79 Å². The maximum atomic E-state index is 12.4. The van der Waals surface area contributed by atoms with Gasteiger partial charge in [0, 0.05) is 25.0 Å². The quantitative estimate of drug-likeness (QED) is 0.825. The van der Waals surface area contributed by atoms with Crippen molar-refractivity contribution in [2.75, 3.05) is 19.8 Å². The van der Waals surface area contributed by atoms with Crippen molar-refractivity contribution in [1.29, 1.82) is 0 Å². The summed E-state index contributed by atoms with van der Waals surface area (Å²) in [5.74, 6) is 3.03. The predicted octanol–water partition coefficient (Wildman–Crippen LogP) is 2.51. The van der Waals surface area contributed by atoms with Crippen molar-refractivity contribution in [2.24, 2.45) is 23.2 Å². The zero-order valence-electron chi connectivity index (χ0n) is 14.2. The molecule has 5 fully saturated rings. The second-order valence-corrected chi connectivity index (χ2v) is 8.50. The van der Waals surface area contributed by atoms with E-state index in [0.29, 0.717) is 24.5 Å². The van der Waals surface area contributed by atoms with Gasteiger partial charge in [0.05, 0.1) is 13.2 Å². The Morgan fingerprint density at radius 3 is 2.35 bits per heavy atom. The summed E-state index contributed by atoms with van der Waals surface area (Å²) in [7, 11) is 0. The van der Waals surface area contributed by atoms with Gasteiger partial charge < -0.3 is 15.4 Å². The molecule has 4 saturated carbocycles. The van der Waals surface area contributed by atoms with Gasteiger partial charge in [0.15, 0.2) is 0 Å². The lowest BCUT2D eigenvalue weighted by atomic mass is 9.48. The molecule has 1 amide bonds. The minimum Gasteiger partial charge on any atom is -0.378 e. The van der Waals surface area contributed by atoms with E-state index in [9.17, 15) is 4.79 Å². The number of morpholine rings is 1. The molecule has 2 atom stereocenters. The molecule has 1 saturated heterocycles. The van der Waals surface area contributed by atoms with Crippen LogP contribution >= 0.6 is 12.4 Å². The Morgan fingerprint density at radius 2 is 1.83 bits per heavy atom. The molecular formula is C18H31ClN2O2. The summed E-state index contributed by atoms with van der Waals surface area (Å²) >= 11 is 0. The number of halogens is 1. The van der Waals surface area contributed by atoms with Crippen LogP contribution in [0.2, 0.25) is 0 Å². The van der Waals surface area contributed by atoms with Crippen LogP contribution in [-0.2, 0) is 9.53 Å². The van der Waals surface area contributed by atoms with Crippen molar-refractivity contribution < 1.29 is 9.53 Å². The van der Waals surface area contributed by atoms with E-state index in [0.717, 1.165) is 30.9 Å². The van der Waals surface area contributed by atoms with Crippen LogP contribution in [0.3, 0.4) is 0 Å². The zero-order valence-corrected chi connectivity index (χ0v) is 15.0. The second-order valence-electron chi connectivity index (χ2n) is 8.50. The normalized spacial score (nSPS) is 42.8. The first-order valence-electron chi connectivity index (χ1n) is 9.23. The first-order valence-corrected chi connectivity index (χ1v) is 9.23. The Morgan fingerprint density at radius 1 is 1.22 bits per heavy atom. The lowest BCUT2D eigenvalue weighted by Crippen LogP contribution is -2.56. The van der Waals surface area contributed by atoms with E-state index in [4.69, 9.17) is 4.74 Å². The highest BCUT2D eigenvalue weighted by Gasteiger charge is 2.53.